The summed E-state index contributed by atoms with van der Waals surface area (Å²) >= 11 is 0. The van der Waals surface area contributed by atoms with E-state index in [4.69, 9.17) is 0 Å². The highest BCUT2D eigenvalue weighted by Gasteiger charge is 2.17. The smallest absolute Gasteiger partial charge is 0.163 e. The fraction of sp³-hybridized carbons (Fsp3) is 0.667. The zero-order chi connectivity index (χ0) is 13.0. The first-order chi connectivity index (χ1) is 8.68. The van der Waals surface area contributed by atoms with E-state index in [-0.39, 0.29) is 5.78 Å². The van der Waals surface area contributed by atoms with Crippen LogP contribution >= 0.6 is 0 Å². The highest BCUT2D eigenvalue weighted by Crippen LogP contribution is 2.29. The van der Waals surface area contributed by atoms with E-state index in [9.17, 15) is 4.79 Å². The van der Waals surface area contributed by atoms with E-state index in [1.807, 2.05) is 6.92 Å². The minimum absolute atomic E-state index is 0.0525. The highest BCUT2D eigenvalue weighted by atomic mass is 16.1. The Labute approximate surface area is 109 Å². The number of Topliss-reactive ketones (excluding diaryl/α,β-unsaturated/α-hetero) is 1. The number of rotatable bonds is 2. The Hall–Kier alpha value is -1.25. The monoisotopic (exact) mass is 246 g/mol. The van der Waals surface area contributed by atoms with Gasteiger partial charge in [0, 0.05) is 12.1 Å². The summed E-state index contributed by atoms with van der Waals surface area (Å²) in [5, 5.41) is 0. The van der Waals surface area contributed by atoms with Crippen molar-refractivity contribution in [1.29, 1.82) is 0 Å². The van der Waals surface area contributed by atoms with Gasteiger partial charge in [-0.3, -0.25) is 4.79 Å². The Bertz CT molecular complexity index is 421. The predicted molar refractivity (Wildman–Crippen MR) is 71.8 cm³/mol. The molecule has 3 nitrogen and oxygen atoms in total. The van der Waals surface area contributed by atoms with Crippen LogP contribution in [0, 0.1) is 6.92 Å². The summed E-state index contributed by atoms with van der Waals surface area (Å²) in [6.07, 6.45) is 10.7. The van der Waals surface area contributed by atoms with E-state index in [1.165, 1.54) is 44.9 Å². The second kappa shape index (κ2) is 6.07. The number of carbonyl (C=O) groups is 1. The molecular formula is C15H22N2O. The van der Waals surface area contributed by atoms with Crippen molar-refractivity contribution in [2.45, 2.75) is 64.7 Å². The molecule has 98 valence electrons. The number of aromatic nitrogens is 2. The van der Waals surface area contributed by atoms with Gasteiger partial charge in [0.2, 0.25) is 0 Å². The Morgan fingerprint density at radius 1 is 1.17 bits per heavy atom. The van der Waals surface area contributed by atoms with Gasteiger partial charge >= 0.3 is 0 Å². The van der Waals surface area contributed by atoms with Gasteiger partial charge in [-0.05, 0) is 26.7 Å². The van der Waals surface area contributed by atoms with Crippen LogP contribution in [0.3, 0.4) is 0 Å². The van der Waals surface area contributed by atoms with Gasteiger partial charge in [-0.1, -0.05) is 32.1 Å². The molecule has 1 heterocycles. The lowest BCUT2D eigenvalue weighted by atomic mass is 9.90. The topological polar surface area (TPSA) is 42.9 Å². The van der Waals surface area contributed by atoms with Crippen molar-refractivity contribution in [1.82, 2.24) is 9.97 Å². The van der Waals surface area contributed by atoms with Gasteiger partial charge in [-0.25, -0.2) is 9.97 Å². The van der Waals surface area contributed by atoms with Gasteiger partial charge in [0.05, 0.1) is 11.3 Å². The lowest BCUT2D eigenvalue weighted by molar-refractivity contribution is 0.101. The van der Waals surface area contributed by atoms with Gasteiger partial charge < -0.3 is 0 Å². The molecule has 0 saturated heterocycles. The normalized spacial score (nSPS) is 18.1. The zero-order valence-corrected chi connectivity index (χ0v) is 11.4. The second-order valence-electron chi connectivity index (χ2n) is 5.33. The molecule has 1 saturated carbocycles. The first-order valence-corrected chi connectivity index (χ1v) is 7.03. The minimum Gasteiger partial charge on any atom is -0.294 e. The lowest BCUT2D eigenvalue weighted by Gasteiger charge is -2.18. The molecule has 1 aromatic heterocycles. The average molecular weight is 246 g/mol. The number of nitrogens with zero attached hydrogens (tertiary/aromatic N) is 2. The van der Waals surface area contributed by atoms with Gasteiger partial charge in [0.1, 0.15) is 5.82 Å². The third-order valence-corrected chi connectivity index (χ3v) is 3.85. The van der Waals surface area contributed by atoms with Crippen LogP contribution in [0.15, 0.2) is 6.20 Å². The summed E-state index contributed by atoms with van der Waals surface area (Å²) < 4.78 is 0. The average Bonchev–Trinajstić information content (AvgIpc) is 2.27. The second-order valence-corrected chi connectivity index (χ2v) is 5.33. The maximum Gasteiger partial charge on any atom is 0.163 e. The van der Waals surface area contributed by atoms with Crippen molar-refractivity contribution in [3.63, 3.8) is 0 Å². The third-order valence-electron chi connectivity index (χ3n) is 3.85. The standard InChI is InChI=1S/C15H22N2O/c1-11-14(12(2)18)10-16-15(17-11)13-8-6-4-3-5-7-9-13/h10,13H,3-9H2,1-2H3. The van der Waals surface area contributed by atoms with Crippen molar-refractivity contribution >= 4 is 5.78 Å². The van der Waals surface area contributed by atoms with Crippen molar-refractivity contribution in [2.75, 3.05) is 0 Å². The summed E-state index contributed by atoms with van der Waals surface area (Å²) in [6.45, 7) is 3.48. The Balaban J connectivity index is 2.16. The Morgan fingerprint density at radius 3 is 2.33 bits per heavy atom. The number of carbonyl (C=O) groups excluding carboxylic acids is 1. The molecule has 0 spiro atoms. The zero-order valence-electron chi connectivity index (χ0n) is 11.4. The Kier molecular flexibility index (Phi) is 4.45. The fourth-order valence-corrected chi connectivity index (χ4v) is 2.74. The molecule has 0 aromatic carbocycles. The molecule has 0 radical (unpaired) electrons. The molecule has 0 atom stereocenters. The molecule has 2 rings (SSSR count). The molecular weight excluding hydrogens is 224 g/mol. The molecule has 0 bridgehead atoms. The summed E-state index contributed by atoms with van der Waals surface area (Å²) in [7, 11) is 0. The predicted octanol–water partition coefficient (Wildman–Crippen LogP) is 3.82. The fourth-order valence-electron chi connectivity index (χ4n) is 2.74. The molecule has 1 aromatic rings. The van der Waals surface area contributed by atoms with Crippen LogP contribution in [0.25, 0.3) is 0 Å². The van der Waals surface area contributed by atoms with E-state index in [0.29, 0.717) is 11.5 Å². The van der Waals surface area contributed by atoms with Crippen molar-refractivity contribution in [3.8, 4) is 0 Å². The number of ketones is 1. The number of hydrogen-bond donors (Lipinski definition) is 0. The molecule has 3 heteroatoms. The van der Waals surface area contributed by atoms with Crippen LogP contribution in [0.4, 0.5) is 0 Å². The van der Waals surface area contributed by atoms with Gasteiger partial charge in [0.15, 0.2) is 5.78 Å². The molecule has 0 aliphatic heterocycles. The molecule has 0 amide bonds. The van der Waals surface area contributed by atoms with Crippen LogP contribution in [-0.4, -0.2) is 15.8 Å². The summed E-state index contributed by atoms with van der Waals surface area (Å²) in [4.78, 5) is 20.4. The van der Waals surface area contributed by atoms with E-state index in [1.54, 1.807) is 13.1 Å². The summed E-state index contributed by atoms with van der Waals surface area (Å²) in [5.74, 6) is 1.49. The van der Waals surface area contributed by atoms with Crippen molar-refractivity contribution in [3.05, 3.63) is 23.3 Å². The van der Waals surface area contributed by atoms with Gasteiger partial charge in [-0.2, -0.15) is 0 Å². The van der Waals surface area contributed by atoms with Crippen LogP contribution < -0.4 is 0 Å². The largest absolute Gasteiger partial charge is 0.294 e. The summed E-state index contributed by atoms with van der Waals surface area (Å²) in [6, 6.07) is 0. The van der Waals surface area contributed by atoms with E-state index in [0.717, 1.165) is 11.5 Å². The van der Waals surface area contributed by atoms with Crippen LogP contribution in [0.2, 0.25) is 0 Å². The van der Waals surface area contributed by atoms with Gasteiger partial charge in [-0.15, -0.1) is 0 Å². The maximum atomic E-state index is 11.4. The molecule has 1 aliphatic carbocycles. The summed E-state index contributed by atoms with van der Waals surface area (Å²) in [5.41, 5.74) is 1.49. The van der Waals surface area contributed by atoms with Crippen molar-refractivity contribution < 1.29 is 4.79 Å². The lowest BCUT2D eigenvalue weighted by Crippen LogP contribution is -2.10. The van der Waals surface area contributed by atoms with E-state index in [2.05, 4.69) is 9.97 Å². The SMILES string of the molecule is CC(=O)c1cnc(C2CCCCCCC2)nc1C. The van der Waals surface area contributed by atoms with Gasteiger partial charge in [0.25, 0.3) is 0 Å². The minimum atomic E-state index is 0.0525. The van der Waals surface area contributed by atoms with Crippen molar-refractivity contribution in [2.24, 2.45) is 0 Å². The molecule has 0 N–H and O–H groups in total. The highest BCUT2D eigenvalue weighted by molar-refractivity contribution is 5.94. The van der Waals surface area contributed by atoms with E-state index < -0.39 is 0 Å². The van der Waals surface area contributed by atoms with Crippen LogP contribution in [0.5, 0.6) is 0 Å². The molecule has 1 aliphatic rings. The first-order valence-electron chi connectivity index (χ1n) is 7.03. The van der Waals surface area contributed by atoms with Crippen LogP contribution in [0.1, 0.15) is 79.7 Å². The maximum absolute atomic E-state index is 11.4. The van der Waals surface area contributed by atoms with Crippen LogP contribution in [-0.2, 0) is 0 Å². The number of hydrogen-bond acceptors (Lipinski definition) is 3. The Morgan fingerprint density at radius 2 is 1.78 bits per heavy atom. The first kappa shape index (κ1) is 13.2. The quantitative estimate of drug-likeness (QED) is 0.745. The molecule has 18 heavy (non-hydrogen) atoms. The van der Waals surface area contributed by atoms with E-state index >= 15 is 0 Å². The number of aryl methyl sites for hydroxylation is 1. The third kappa shape index (κ3) is 3.15. The molecule has 1 fully saturated rings. The molecule has 0 unspecified atom stereocenters.